The van der Waals surface area contributed by atoms with Crippen molar-refractivity contribution in [2.75, 3.05) is 6.16 Å². The fraction of sp³-hybridized carbons (Fsp3) is 0.409. The van der Waals surface area contributed by atoms with Crippen LogP contribution in [-0.4, -0.2) is 29.2 Å². The van der Waals surface area contributed by atoms with Crippen molar-refractivity contribution in [3.05, 3.63) is 66.2 Å². The summed E-state index contributed by atoms with van der Waals surface area (Å²) >= 11 is 0. The zero-order valence-electron chi connectivity index (χ0n) is 17.2. The van der Waals surface area contributed by atoms with Gasteiger partial charge in [0, 0.05) is 6.16 Å². The maximum Gasteiger partial charge on any atom is 0.407 e. The van der Waals surface area contributed by atoms with Crippen molar-refractivity contribution in [1.29, 1.82) is 0 Å². The minimum Gasteiger partial charge on any atom is -0.445 e. The van der Waals surface area contributed by atoms with Crippen LogP contribution < -0.4 is 9.84 Å². The lowest BCUT2D eigenvalue weighted by Gasteiger charge is -2.31. The Hall–Kier alpha value is -2.30. The van der Waals surface area contributed by atoms with E-state index >= 15 is 0 Å². The first-order valence-corrected chi connectivity index (χ1v) is 11.7. The monoisotopic (exact) mass is 419 g/mol. The van der Waals surface area contributed by atoms with E-state index in [9.17, 15) is 14.5 Å². The molecule has 2 rings (SSSR count). The molecule has 0 aromatic heterocycles. The van der Waals surface area contributed by atoms with Crippen molar-refractivity contribution < 1.29 is 23.7 Å². The van der Waals surface area contributed by atoms with E-state index < -0.39 is 25.3 Å². The highest BCUT2D eigenvalue weighted by molar-refractivity contribution is 7.59. The van der Waals surface area contributed by atoms with Gasteiger partial charge in [-0.05, 0) is 30.0 Å². The molecule has 2 N–H and O–H groups in total. The quantitative estimate of drug-likeness (QED) is 0.528. The number of aliphatic hydroxyl groups excluding tert-OH is 1. The van der Waals surface area contributed by atoms with Crippen molar-refractivity contribution in [2.45, 2.75) is 45.7 Å². The van der Waals surface area contributed by atoms with Crippen molar-refractivity contribution in [1.82, 2.24) is 5.32 Å². The second kappa shape index (κ2) is 11.0. The number of aliphatic hydroxyl groups is 1. The summed E-state index contributed by atoms with van der Waals surface area (Å²) in [5, 5.41) is 13.6. The van der Waals surface area contributed by atoms with Gasteiger partial charge >= 0.3 is 6.09 Å². The average molecular weight is 419 g/mol. The van der Waals surface area contributed by atoms with Gasteiger partial charge in [0.15, 0.2) is 5.85 Å². The van der Waals surface area contributed by atoms with Crippen molar-refractivity contribution in [3.63, 3.8) is 0 Å². The predicted octanol–water partition coefficient (Wildman–Crippen LogP) is 5.02. The summed E-state index contributed by atoms with van der Waals surface area (Å²) < 4.78 is 24.3. The van der Waals surface area contributed by atoms with E-state index in [2.05, 4.69) is 5.32 Å². The van der Waals surface area contributed by atoms with Crippen LogP contribution in [0.3, 0.4) is 0 Å². The molecule has 0 aliphatic carbocycles. The SMILES string of the molecule is CCP(=O)(Oc1ccccc1)C(O)[C@H](CC(C)C)NC(=O)OCc1ccccc1. The van der Waals surface area contributed by atoms with Gasteiger partial charge in [-0.1, -0.05) is 69.3 Å². The molecule has 0 saturated carbocycles. The molecule has 0 aliphatic rings. The van der Waals surface area contributed by atoms with Crippen LogP contribution in [0.4, 0.5) is 4.79 Å². The third-order valence-corrected chi connectivity index (χ3v) is 7.02. The maximum atomic E-state index is 13.4. The molecule has 3 atom stereocenters. The highest BCUT2D eigenvalue weighted by atomic mass is 31.2. The van der Waals surface area contributed by atoms with E-state index in [1.165, 1.54) is 0 Å². The Labute approximate surface area is 172 Å². The third kappa shape index (κ3) is 7.22. The minimum absolute atomic E-state index is 0.114. The lowest BCUT2D eigenvalue weighted by molar-refractivity contribution is 0.117. The molecule has 0 fully saturated rings. The van der Waals surface area contributed by atoms with Gasteiger partial charge in [-0.15, -0.1) is 0 Å². The second-order valence-electron chi connectivity index (χ2n) is 7.30. The van der Waals surface area contributed by atoms with Crippen LogP contribution >= 0.6 is 7.37 Å². The largest absolute Gasteiger partial charge is 0.445 e. The summed E-state index contributed by atoms with van der Waals surface area (Å²) in [5.41, 5.74) is 0.857. The van der Waals surface area contributed by atoms with Crippen LogP contribution in [0.25, 0.3) is 0 Å². The average Bonchev–Trinajstić information content (AvgIpc) is 2.72. The van der Waals surface area contributed by atoms with Crippen LogP contribution in [0.2, 0.25) is 0 Å². The Kier molecular flexibility index (Phi) is 8.74. The van der Waals surface area contributed by atoms with Gasteiger partial charge in [0.25, 0.3) is 7.37 Å². The molecule has 158 valence electrons. The molecule has 0 radical (unpaired) electrons. The highest BCUT2D eigenvalue weighted by Gasteiger charge is 2.39. The Morgan fingerprint density at radius 1 is 1.07 bits per heavy atom. The van der Waals surface area contributed by atoms with E-state index in [1.54, 1.807) is 31.2 Å². The van der Waals surface area contributed by atoms with Gasteiger partial charge in [-0.2, -0.15) is 0 Å². The third-order valence-electron chi connectivity index (χ3n) is 4.45. The summed E-state index contributed by atoms with van der Waals surface area (Å²) in [6.45, 7) is 5.74. The summed E-state index contributed by atoms with van der Waals surface area (Å²) in [6, 6.07) is 17.3. The smallest absolute Gasteiger partial charge is 0.407 e. The fourth-order valence-electron chi connectivity index (χ4n) is 2.92. The summed E-state index contributed by atoms with van der Waals surface area (Å²) in [6.07, 6.45) is -0.0942. The van der Waals surface area contributed by atoms with Crippen molar-refractivity contribution >= 4 is 13.5 Å². The number of rotatable bonds is 10. The molecule has 2 aromatic rings. The molecule has 29 heavy (non-hydrogen) atoms. The molecule has 2 aromatic carbocycles. The topological polar surface area (TPSA) is 84.9 Å². The first kappa shape index (κ1) is 23.0. The fourth-order valence-corrected chi connectivity index (χ4v) is 4.75. The number of carbonyl (C=O) groups is 1. The highest BCUT2D eigenvalue weighted by Crippen LogP contribution is 2.52. The molecule has 1 amide bonds. The van der Waals surface area contributed by atoms with E-state index in [0.717, 1.165) is 5.56 Å². The first-order chi connectivity index (χ1) is 13.8. The number of benzene rings is 2. The normalized spacial score (nSPS) is 15.2. The second-order valence-corrected chi connectivity index (χ2v) is 10.1. The molecule has 2 unspecified atom stereocenters. The van der Waals surface area contributed by atoms with E-state index in [1.807, 2.05) is 50.2 Å². The molecular weight excluding hydrogens is 389 g/mol. The molecule has 7 heteroatoms. The number of ether oxygens (including phenoxy) is 1. The molecular formula is C22H30NO5P. The summed E-state index contributed by atoms with van der Waals surface area (Å²) in [4.78, 5) is 12.3. The number of hydrogen-bond acceptors (Lipinski definition) is 5. The van der Waals surface area contributed by atoms with Crippen molar-refractivity contribution in [2.24, 2.45) is 5.92 Å². The molecule has 0 saturated heterocycles. The lowest BCUT2D eigenvalue weighted by atomic mass is 10.0. The van der Waals surface area contributed by atoms with Crippen LogP contribution in [0.15, 0.2) is 60.7 Å². The number of para-hydroxylation sites is 1. The Bertz CT molecular complexity index is 797. The van der Waals surface area contributed by atoms with Gasteiger partial charge < -0.3 is 19.7 Å². The summed E-state index contributed by atoms with van der Waals surface area (Å²) in [7, 11) is -3.47. The molecule has 0 bridgehead atoms. The van der Waals surface area contributed by atoms with Crippen LogP contribution in [0, 0.1) is 5.92 Å². The van der Waals surface area contributed by atoms with Gasteiger partial charge in [0.2, 0.25) is 0 Å². The zero-order chi connectivity index (χ0) is 21.3. The number of carbonyl (C=O) groups excluding carboxylic acids is 1. The standard InChI is InChI=1S/C22H30NO5P/c1-4-29(26,28-19-13-9-6-10-14-19)21(24)20(15-17(2)3)23-22(25)27-16-18-11-7-5-8-12-18/h5-14,17,20-21,24H,4,15-16H2,1-3H3,(H,23,25)/t20-,21?,29?/m0/s1. The molecule has 0 heterocycles. The molecule has 0 spiro atoms. The Morgan fingerprint density at radius 3 is 2.21 bits per heavy atom. The van der Waals surface area contributed by atoms with Crippen LogP contribution in [0.1, 0.15) is 32.8 Å². The predicted molar refractivity (Wildman–Crippen MR) is 114 cm³/mol. The first-order valence-electron chi connectivity index (χ1n) is 9.82. The van der Waals surface area contributed by atoms with E-state index in [0.29, 0.717) is 12.2 Å². The number of nitrogens with one attached hydrogen (secondary N) is 1. The van der Waals surface area contributed by atoms with E-state index in [4.69, 9.17) is 9.26 Å². The molecule has 0 aliphatic heterocycles. The minimum atomic E-state index is -3.47. The van der Waals surface area contributed by atoms with Gasteiger partial charge in [-0.25, -0.2) is 4.79 Å². The van der Waals surface area contributed by atoms with Gasteiger partial charge in [0.05, 0.1) is 6.04 Å². The number of hydrogen-bond donors (Lipinski definition) is 2. The Balaban J connectivity index is 2.07. The van der Waals surface area contributed by atoms with E-state index in [-0.39, 0.29) is 18.7 Å². The lowest BCUT2D eigenvalue weighted by Crippen LogP contribution is -2.45. The van der Waals surface area contributed by atoms with Gasteiger partial charge in [-0.3, -0.25) is 4.57 Å². The Morgan fingerprint density at radius 2 is 1.66 bits per heavy atom. The molecule has 6 nitrogen and oxygen atoms in total. The number of alkyl carbamates (subject to hydrolysis) is 1. The number of amides is 1. The van der Waals surface area contributed by atoms with Gasteiger partial charge in [0.1, 0.15) is 12.4 Å². The van der Waals surface area contributed by atoms with Crippen LogP contribution in [0.5, 0.6) is 5.75 Å². The summed E-state index contributed by atoms with van der Waals surface area (Å²) in [5.74, 6) is -0.767. The van der Waals surface area contributed by atoms with Crippen molar-refractivity contribution in [3.8, 4) is 5.75 Å². The zero-order valence-corrected chi connectivity index (χ0v) is 18.0. The van der Waals surface area contributed by atoms with Crippen LogP contribution in [-0.2, 0) is 15.9 Å². The maximum absolute atomic E-state index is 13.4.